The molecule has 0 aliphatic rings. The fourth-order valence-corrected chi connectivity index (χ4v) is 2.50. The van der Waals surface area contributed by atoms with Crippen LogP contribution < -0.4 is 10.1 Å². The minimum absolute atomic E-state index is 0.0566. The van der Waals surface area contributed by atoms with Crippen molar-refractivity contribution >= 4 is 40.3 Å². The van der Waals surface area contributed by atoms with Crippen molar-refractivity contribution < 1.29 is 28.3 Å². The zero-order valence-corrected chi connectivity index (χ0v) is 16.0. The summed E-state index contributed by atoms with van der Waals surface area (Å²) in [5, 5.41) is 2.89. The predicted octanol–water partition coefficient (Wildman–Crippen LogP) is 1.58. The molecule has 0 radical (unpaired) electrons. The Morgan fingerprint density at radius 2 is 2.08 bits per heavy atom. The van der Waals surface area contributed by atoms with E-state index in [0.29, 0.717) is 17.9 Å². The van der Waals surface area contributed by atoms with Gasteiger partial charge >= 0.3 is 0 Å². The number of aldehydes is 2. The summed E-state index contributed by atoms with van der Waals surface area (Å²) in [6.07, 6.45) is 1.24. The molecule has 0 spiro atoms. The number of likely N-dealkylation sites (N-methyl/N-ethyl adjacent to an activating group) is 2. The summed E-state index contributed by atoms with van der Waals surface area (Å²) < 4.78 is 19.4. The number of nitrogens with one attached hydrogen (secondary N) is 1. The van der Waals surface area contributed by atoms with Gasteiger partial charge < -0.3 is 19.7 Å². The molecule has 0 fully saturated rings. The highest BCUT2D eigenvalue weighted by atomic mass is 79.9. The van der Waals surface area contributed by atoms with Crippen LogP contribution in [-0.2, 0) is 9.59 Å². The Balaban J connectivity index is 3.20. The maximum Gasteiger partial charge on any atom is 0.255 e. The van der Waals surface area contributed by atoms with E-state index in [4.69, 9.17) is 4.74 Å². The topological polar surface area (TPSA) is 92.8 Å². The third kappa shape index (κ3) is 5.35. The van der Waals surface area contributed by atoms with E-state index in [0.717, 1.165) is 17.0 Å². The monoisotopic (exact) mass is 430 g/mol. The number of nitrogens with zero attached hydrogens (tertiary/aromatic N) is 1. The van der Waals surface area contributed by atoms with E-state index in [2.05, 4.69) is 21.2 Å². The maximum atomic E-state index is 14.2. The highest BCUT2D eigenvalue weighted by Crippen LogP contribution is 2.23. The first-order valence-electron chi connectivity index (χ1n) is 7.81. The quantitative estimate of drug-likeness (QED) is 0.449. The van der Waals surface area contributed by atoms with Crippen LogP contribution in [0.4, 0.5) is 4.39 Å². The molecule has 7 nitrogen and oxygen atoms in total. The first-order chi connectivity index (χ1) is 12.4. The van der Waals surface area contributed by atoms with E-state index in [9.17, 15) is 23.6 Å². The van der Waals surface area contributed by atoms with Gasteiger partial charge in [-0.25, -0.2) is 4.39 Å². The molecule has 0 bridgehead atoms. The molecule has 0 saturated heterocycles. The lowest BCUT2D eigenvalue weighted by Gasteiger charge is -2.27. The molecule has 0 heterocycles. The van der Waals surface area contributed by atoms with Crippen LogP contribution in [-0.4, -0.2) is 61.4 Å². The molecular formula is C17H20BrFN2O5. The molecule has 0 saturated carbocycles. The number of alkyl halides is 1. The number of hydrogen-bond acceptors (Lipinski definition) is 5. The standard InChI is InChI=1S/C17H20BrFN2O5/c1-20-16(24)14(4-3-6-22)21(2)17(25)12-9-13(19)15(26-7-5-18)8-11(12)10-23/h6,8-10,14H,3-5,7H2,1-2H3,(H,20,24). The first-order valence-corrected chi connectivity index (χ1v) is 8.93. The van der Waals surface area contributed by atoms with Crippen LogP contribution >= 0.6 is 15.9 Å². The zero-order chi connectivity index (χ0) is 19.7. The molecule has 0 aromatic heterocycles. The zero-order valence-electron chi connectivity index (χ0n) is 14.5. The Hall–Kier alpha value is -2.29. The summed E-state index contributed by atoms with van der Waals surface area (Å²) in [6.45, 7) is 0.187. The van der Waals surface area contributed by atoms with Gasteiger partial charge in [0.25, 0.3) is 5.91 Å². The Morgan fingerprint density at radius 3 is 2.62 bits per heavy atom. The molecule has 1 aromatic rings. The summed E-state index contributed by atoms with van der Waals surface area (Å²) in [6, 6.07) is 1.13. The second-order valence-corrected chi connectivity index (χ2v) is 6.11. The van der Waals surface area contributed by atoms with Crippen LogP contribution in [0.25, 0.3) is 0 Å². The Kier molecular flexibility index (Phi) is 8.91. The molecule has 9 heteroatoms. The van der Waals surface area contributed by atoms with E-state index >= 15 is 0 Å². The van der Waals surface area contributed by atoms with Crippen LogP contribution in [0, 0.1) is 5.82 Å². The van der Waals surface area contributed by atoms with Crippen molar-refractivity contribution in [2.75, 3.05) is 26.0 Å². The number of hydrogen-bond donors (Lipinski definition) is 1. The Labute approximate surface area is 159 Å². The molecule has 2 amide bonds. The lowest BCUT2D eigenvalue weighted by atomic mass is 10.0. The number of ether oxygens (including phenoxy) is 1. The van der Waals surface area contributed by atoms with Gasteiger partial charge in [0.05, 0.1) is 12.2 Å². The van der Waals surface area contributed by atoms with Crippen LogP contribution in [0.1, 0.15) is 33.6 Å². The van der Waals surface area contributed by atoms with Gasteiger partial charge in [0.2, 0.25) is 5.91 Å². The third-order valence-electron chi connectivity index (χ3n) is 3.69. The summed E-state index contributed by atoms with van der Waals surface area (Å²) >= 11 is 3.14. The average molecular weight is 431 g/mol. The normalized spacial score (nSPS) is 11.4. The van der Waals surface area contributed by atoms with Crippen molar-refractivity contribution in [1.82, 2.24) is 10.2 Å². The smallest absolute Gasteiger partial charge is 0.255 e. The molecule has 142 valence electrons. The van der Waals surface area contributed by atoms with E-state index in [1.54, 1.807) is 0 Å². The van der Waals surface area contributed by atoms with E-state index in [-0.39, 0.29) is 36.3 Å². The lowest BCUT2D eigenvalue weighted by Crippen LogP contribution is -2.47. The average Bonchev–Trinajstić information content (AvgIpc) is 2.65. The van der Waals surface area contributed by atoms with Gasteiger partial charge in [-0.05, 0) is 18.6 Å². The fourth-order valence-electron chi connectivity index (χ4n) is 2.34. The van der Waals surface area contributed by atoms with E-state index in [1.165, 1.54) is 14.1 Å². The van der Waals surface area contributed by atoms with Gasteiger partial charge in [0.15, 0.2) is 17.9 Å². The van der Waals surface area contributed by atoms with Crippen LogP contribution in [0.5, 0.6) is 5.75 Å². The van der Waals surface area contributed by atoms with Crippen LogP contribution in [0.3, 0.4) is 0 Å². The van der Waals surface area contributed by atoms with Crippen molar-refractivity contribution in [2.45, 2.75) is 18.9 Å². The molecule has 1 aromatic carbocycles. The van der Waals surface area contributed by atoms with Crippen molar-refractivity contribution in [1.29, 1.82) is 0 Å². The highest BCUT2D eigenvalue weighted by Gasteiger charge is 2.28. The van der Waals surface area contributed by atoms with Gasteiger partial charge in [-0.1, -0.05) is 15.9 Å². The molecule has 0 aliphatic heterocycles. The van der Waals surface area contributed by atoms with Crippen molar-refractivity contribution in [3.8, 4) is 5.75 Å². The number of benzene rings is 1. The van der Waals surface area contributed by atoms with Crippen molar-refractivity contribution in [3.63, 3.8) is 0 Å². The van der Waals surface area contributed by atoms with Crippen LogP contribution in [0.2, 0.25) is 0 Å². The van der Waals surface area contributed by atoms with Crippen LogP contribution in [0.15, 0.2) is 12.1 Å². The molecule has 1 unspecified atom stereocenters. The lowest BCUT2D eigenvalue weighted by molar-refractivity contribution is -0.125. The predicted molar refractivity (Wildman–Crippen MR) is 96.3 cm³/mol. The number of carbonyl (C=O) groups is 4. The molecule has 1 rings (SSSR count). The molecule has 26 heavy (non-hydrogen) atoms. The minimum Gasteiger partial charge on any atom is -0.490 e. The van der Waals surface area contributed by atoms with Gasteiger partial charge in [-0.3, -0.25) is 14.4 Å². The summed E-state index contributed by atoms with van der Waals surface area (Å²) in [5.41, 5.74) is -0.245. The van der Waals surface area contributed by atoms with E-state index in [1.807, 2.05) is 0 Å². The molecule has 1 N–H and O–H groups in total. The Morgan fingerprint density at radius 1 is 1.38 bits per heavy atom. The number of amides is 2. The number of rotatable bonds is 10. The fraction of sp³-hybridized carbons (Fsp3) is 0.412. The van der Waals surface area contributed by atoms with E-state index < -0.39 is 23.7 Å². The number of halogens is 2. The SMILES string of the molecule is CNC(=O)C(CCC=O)N(C)C(=O)c1cc(F)c(OCCBr)cc1C=O. The maximum absolute atomic E-state index is 14.2. The summed E-state index contributed by atoms with van der Waals surface area (Å²) in [5.74, 6) is -2.11. The molecular weight excluding hydrogens is 411 g/mol. The third-order valence-corrected chi connectivity index (χ3v) is 4.01. The number of carbonyl (C=O) groups excluding carboxylic acids is 4. The second-order valence-electron chi connectivity index (χ2n) is 5.32. The Bertz CT molecular complexity index is 683. The van der Waals surface area contributed by atoms with Crippen molar-refractivity contribution in [3.05, 3.63) is 29.1 Å². The highest BCUT2D eigenvalue weighted by molar-refractivity contribution is 9.09. The summed E-state index contributed by atoms with van der Waals surface area (Å²) in [7, 11) is 2.76. The van der Waals surface area contributed by atoms with Gasteiger partial charge in [-0.2, -0.15) is 0 Å². The summed E-state index contributed by atoms with van der Waals surface area (Å²) in [4.78, 5) is 47.7. The first kappa shape index (κ1) is 21.8. The van der Waals surface area contributed by atoms with Crippen molar-refractivity contribution in [2.24, 2.45) is 0 Å². The molecule has 1 atom stereocenters. The minimum atomic E-state index is -0.926. The van der Waals surface area contributed by atoms with Gasteiger partial charge in [-0.15, -0.1) is 0 Å². The second kappa shape index (κ2) is 10.6. The molecule has 0 aliphatic carbocycles. The van der Waals surface area contributed by atoms with Gasteiger partial charge in [0, 0.05) is 31.4 Å². The van der Waals surface area contributed by atoms with Gasteiger partial charge in [0.1, 0.15) is 12.3 Å². The largest absolute Gasteiger partial charge is 0.490 e.